The Balaban J connectivity index is 1.95. The van der Waals surface area contributed by atoms with E-state index in [-0.39, 0.29) is 12.1 Å². The molecule has 0 aromatic heterocycles. The topological polar surface area (TPSA) is 38.8 Å². The highest BCUT2D eigenvalue weighted by molar-refractivity contribution is 5.87. The zero-order chi connectivity index (χ0) is 9.47. The predicted octanol–water partition coefficient (Wildman–Crippen LogP) is 1.77. The summed E-state index contributed by atoms with van der Waals surface area (Å²) in [7, 11) is 0. The third-order valence-electron chi connectivity index (χ3n) is 2.63. The van der Waals surface area contributed by atoms with Gasteiger partial charge in [-0.3, -0.25) is 0 Å². The molecule has 3 heteroatoms. The van der Waals surface area contributed by atoms with Crippen LogP contribution in [0.5, 0.6) is 0 Å². The molecule has 2 fully saturated rings. The summed E-state index contributed by atoms with van der Waals surface area (Å²) in [5.74, 6) is -0.890. The molecule has 2 aliphatic rings. The van der Waals surface area contributed by atoms with E-state index in [1.54, 1.807) is 6.92 Å². The number of fused-ring (bicyclic) bond motifs is 1. The summed E-state index contributed by atoms with van der Waals surface area (Å²) in [6.45, 7) is 5.19. The van der Waals surface area contributed by atoms with E-state index < -0.39 is 5.79 Å². The van der Waals surface area contributed by atoms with E-state index in [9.17, 15) is 4.79 Å². The molecule has 1 saturated heterocycles. The van der Waals surface area contributed by atoms with Crippen LogP contribution in [0.1, 0.15) is 32.6 Å². The zero-order valence-corrected chi connectivity index (χ0v) is 7.84. The van der Waals surface area contributed by atoms with Crippen molar-refractivity contribution in [3.63, 3.8) is 0 Å². The second kappa shape index (κ2) is 2.84. The van der Waals surface area contributed by atoms with Crippen LogP contribution >= 0.6 is 0 Å². The van der Waals surface area contributed by atoms with Gasteiger partial charge in [-0.2, -0.15) is 0 Å². The molecule has 2 unspecified atom stereocenters. The van der Waals surface area contributed by atoms with Gasteiger partial charge in [0.25, 0.3) is 0 Å². The summed E-state index contributed by atoms with van der Waals surface area (Å²) in [5, 5.41) is 0. The minimum Gasteiger partial charge on any atom is -0.427 e. The lowest BCUT2D eigenvalue weighted by atomic mass is 9.98. The monoisotopic (exact) mass is 182 g/mol. The summed E-state index contributed by atoms with van der Waals surface area (Å²) in [5.41, 5.74) is 0.439. The van der Waals surface area contributed by atoms with Gasteiger partial charge in [-0.25, -0.2) is 4.79 Å². The van der Waals surface area contributed by atoms with Crippen molar-refractivity contribution in [2.24, 2.45) is 0 Å². The molecular formula is C10H14O3. The molecule has 13 heavy (non-hydrogen) atoms. The fourth-order valence-electron chi connectivity index (χ4n) is 1.79. The van der Waals surface area contributed by atoms with Gasteiger partial charge in [-0.15, -0.1) is 0 Å². The van der Waals surface area contributed by atoms with Gasteiger partial charge in [0.05, 0.1) is 0 Å². The Morgan fingerprint density at radius 1 is 1.62 bits per heavy atom. The van der Waals surface area contributed by atoms with Gasteiger partial charge in [0.15, 0.2) is 0 Å². The third-order valence-corrected chi connectivity index (χ3v) is 2.63. The van der Waals surface area contributed by atoms with Crippen LogP contribution in [0.15, 0.2) is 12.2 Å². The minimum absolute atomic E-state index is 0.157. The van der Waals surface area contributed by atoms with Crippen molar-refractivity contribution >= 4 is 5.97 Å². The third kappa shape index (κ3) is 1.48. The van der Waals surface area contributed by atoms with E-state index in [2.05, 4.69) is 6.58 Å². The highest BCUT2D eigenvalue weighted by atomic mass is 16.8. The van der Waals surface area contributed by atoms with E-state index in [4.69, 9.17) is 9.47 Å². The summed E-state index contributed by atoms with van der Waals surface area (Å²) in [6, 6.07) is 0. The van der Waals surface area contributed by atoms with Crippen molar-refractivity contribution in [2.75, 3.05) is 0 Å². The summed E-state index contributed by atoms with van der Waals surface area (Å²) in [6.07, 6.45) is 4.28. The Morgan fingerprint density at radius 2 is 2.38 bits per heavy atom. The highest BCUT2D eigenvalue weighted by Gasteiger charge is 2.61. The Labute approximate surface area is 77.7 Å². The number of esters is 1. The second-order valence-corrected chi connectivity index (χ2v) is 3.83. The fourth-order valence-corrected chi connectivity index (χ4v) is 1.79. The average Bonchev–Trinajstić information content (AvgIpc) is 2.77. The van der Waals surface area contributed by atoms with Crippen molar-refractivity contribution in [3.8, 4) is 0 Å². The lowest BCUT2D eigenvalue weighted by molar-refractivity contribution is -0.155. The molecule has 0 bridgehead atoms. The van der Waals surface area contributed by atoms with Crippen molar-refractivity contribution in [1.82, 2.24) is 0 Å². The van der Waals surface area contributed by atoms with E-state index >= 15 is 0 Å². The first-order chi connectivity index (χ1) is 6.14. The standard InChI is InChI=1S/C10H14O3/c1-7(2)9(11)13-10-6-4-3-5-8(10)12-10/h8H,1,3-6H2,2H3. The molecule has 0 aromatic rings. The van der Waals surface area contributed by atoms with Gasteiger partial charge in [0, 0.05) is 12.0 Å². The molecule has 0 radical (unpaired) electrons. The van der Waals surface area contributed by atoms with Crippen LogP contribution in [0.2, 0.25) is 0 Å². The van der Waals surface area contributed by atoms with Crippen LogP contribution in [0.25, 0.3) is 0 Å². The SMILES string of the molecule is C=C(C)C(=O)OC12CCCCC1O2. The second-order valence-electron chi connectivity index (χ2n) is 3.83. The van der Waals surface area contributed by atoms with Crippen LogP contribution < -0.4 is 0 Å². The van der Waals surface area contributed by atoms with E-state index in [0.29, 0.717) is 5.57 Å². The molecule has 1 aliphatic heterocycles. The lowest BCUT2D eigenvalue weighted by Crippen LogP contribution is -2.26. The zero-order valence-electron chi connectivity index (χ0n) is 7.84. The Morgan fingerprint density at radius 3 is 3.00 bits per heavy atom. The Hall–Kier alpha value is -0.830. The maximum absolute atomic E-state index is 11.2. The summed E-state index contributed by atoms with van der Waals surface area (Å²) < 4.78 is 10.7. The maximum atomic E-state index is 11.2. The number of hydrogen-bond donors (Lipinski definition) is 0. The minimum atomic E-state index is -0.561. The predicted molar refractivity (Wildman–Crippen MR) is 47.0 cm³/mol. The molecule has 72 valence electrons. The molecule has 0 N–H and O–H groups in total. The molecule has 3 nitrogen and oxygen atoms in total. The molecule has 2 rings (SSSR count). The van der Waals surface area contributed by atoms with Crippen LogP contribution in [0, 0.1) is 0 Å². The average molecular weight is 182 g/mol. The molecule has 0 amide bonds. The molecule has 1 saturated carbocycles. The molecular weight excluding hydrogens is 168 g/mol. The van der Waals surface area contributed by atoms with Crippen LogP contribution in [0.3, 0.4) is 0 Å². The molecule has 0 aromatic carbocycles. The van der Waals surface area contributed by atoms with Crippen LogP contribution in [0.4, 0.5) is 0 Å². The quantitative estimate of drug-likeness (QED) is 0.371. The van der Waals surface area contributed by atoms with Gasteiger partial charge < -0.3 is 9.47 Å². The first-order valence-electron chi connectivity index (χ1n) is 4.71. The van der Waals surface area contributed by atoms with E-state index in [1.807, 2.05) is 0 Å². The van der Waals surface area contributed by atoms with Crippen molar-refractivity contribution < 1.29 is 14.3 Å². The van der Waals surface area contributed by atoms with Gasteiger partial charge >= 0.3 is 5.97 Å². The lowest BCUT2D eigenvalue weighted by Gasteiger charge is -2.17. The molecule has 0 spiro atoms. The van der Waals surface area contributed by atoms with Gasteiger partial charge in [-0.05, 0) is 19.8 Å². The summed E-state index contributed by atoms with van der Waals surface area (Å²) >= 11 is 0. The smallest absolute Gasteiger partial charge is 0.335 e. The number of rotatable bonds is 2. The number of epoxide rings is 1. The maximum Gasteiger partial charge on any atom is 0.335 e. The Kier molecular flexibility index (Phi) is 1.91. The first kappa shape index (κ1) is 8.75. The molecule has 2 atom stereocenters. The molecule has 1 heterocycles. The van der Waals surface area contributed by atoms with Gasteiger partial charge in [-0.1, -0.05) is 13.0 Å². The van der Waals surface area contributed by atoms with Crippen molar-refractivity contribution in [1.29, 1.82) is 0 Å². The Bertz CT molecular complexity index is 259. The van der Waals surface area contributed by atoms with E-state index in [0.717, 1.165) is 19.3 Å². The van der Waals surface area contributed by atoms with Crippen LogP contribution in [-0.4, -0.2) is 17.9 Å². The van der Waals surface area contributed by atoms with Crippen LogP contribution in [-0.2, 0) is 14.3 Å². The number of ether oxygens (including phenoxy) is 2. The van der Waals surface area contributed by atoms with Crippen molar-refractivity contribution in [3.05, 3.63) is 12.2 Å². The normalized spacial score (nSPS) is 36.2. The van der Waals surface area contributed by atoms with Gasteiger partial charge in [0.2, 0.25) is 5.79 Å². The number of carbonyl (C=O) groups excluding carboxylic acids is 1. The summed E-state index contributed by atoms with van der Waals surface area (Å²) in [4.78, 5) is 11.2. The van der Waals surface area contributed by atoms with Crippen molar-refractivity contribution in [2.45, 2.75) is 44.5 Å². The largest absolute Gasteiger partial charge is 0.427 e. The van der Waals surface area contributed by atoms with E-state index in [1.165, 1.54) is 6.42 Å². The molecule has 1 aliphatic carbocycles. The first-order valence-corrected chi connectivity index (χ1v) is 4.71. The fraction of sp³-hybridized carbons (Fsp3) is 0.700. The van der Waals surface area contributed by atoms with Gasteiger partial charge in [0.1, 0.15) is 6.10 Å². The number of carbonyl (C=O) groups is 1. The number of hydrogen-bond acceptors (Lipinski definition) is 3. The highest BCUT2D eigenvalue weighted by Crippen LogP contribution is 2.48.